The van der Waals surface area contributed by atoms with Crippen molar-refractivity contribution < 1.29 is 29.8 Å². The van der Waals surface area contributed by atoms with Crippen LogP contribution in [-0.2, 0) is 14.4 Å². The van der Waals surface area contributed by atoms with Crippen LogP contribution in [0.5, 0.6) is 0 Å². The second kappa shape index (κ2) is 9.53. The van der Waals surface area contributed by atoms with E-state index in [4.69, 9.17) is 21.2 Å². The lowest BCUT2D eigenvalue weighted by Gasteiger charge is -2.19. The van der Waals surface area contributed by atoms with E-state index in [1.54, 1.807) is 0 Å². The standard InChI is InChI=1S/C11H20N4O6/c1-15(6-2-3-9(17)18)11(14-21)13-8(16)5-4-7(12)10(19)20/h7,21H,2-6,12H2,1H3,(H,17,18)(H,19,20)(H,13,14,16)/t7-/m0/s1. The molecule has 1 amide bonds. The lowest BCUT2D eigenvalue weighted by Crippen LogP contribution is -2.43. The summed E-state index contributed by atoms with van der Waals surface area (Å²) in [5.74, 6) is -2.85. The number of carbonyl (C=O) groups is 3. The van der Waals surface area contributed by atoms with Crippen LogP contribution in [-0.4, -0.2) is 63.8 Å². The zero-order valence-electron chi connectivity index (χ0n) is 11.7. The molecule has 0 rings (SSSR count). The Morgan fingerprint density at radius 2 is 1.90 bits per heavy atom. The van der Waals surface area contributed by atoms with Crippen LogP contribution in [0, 0.1) is 0 Å². The molecule has 0 spiro atoms. The van der Waals surface area contributed by atoms with Gasteiger partial charge in [-0.1, -0.05) is 5.16 Å². The van der Waals surface area contributed by atoms with E-state index in [0.29, 0.717) is 6.42 Å². The number of nitrogens with one attached hydrogen (secondary N) is 1. The molecule has 0 bridgehead atoms. The minimum absolute atomic E-state index is 0.0511. The Balaban J connectivity index is 4.21. The van der Waals surface area contributed by atoms with E-state index >= 15 is 0 Å². The minimum atomic E-state index is -1.20. The highest BCUT2D eigenvalue weighted by Gasteiger charge is 2.16. The molecular weight excluding hydrogens is 284 g/mol. The van der Waals surface area contributed by atoms with E-state index in [1.165, 1.54) is 11.9 Å². The van der Waals surface area contributed by atoms with Gasteiger partial charge in [-0.15, -0.1) is 0 Å². The molecule has 0 heterocycles. The van der Waals surface area contributed by atoms with Gasteiger partial charge in [0.15, 0.2) is 0 Å². The summed E-state index contributed by atoms with van der Waals surface area (Å²) in [6, 6.07) is -1.14. The Morgan fingerprint density at radius 3 is 2.38 bits per heavy atom. The summed E-state index contributed by atoms with van der Waals surface area (Å²) >= 11 is 0. The van der Waals surface area contributed by atoms with Crippen molar-refractivity contribution in [2.45, 2.75) is 31.7 Å². The number of hydrogen-bond donors (Lipinski definition) is 5. The van der Waals surface area contributed by atoms with Gasteiger partial charge in [0, 0.05) is 26.4 Å². The summed E-state index contributed by atoms with van der Waals surface area (Å²) in [4.78, 5) is 33.8. The highest BCUT2D eigenvalue weighted by molar-refractivity contribution is 5.96. The number of carbonyl (C=O) groups excluding carboxylic acids is 1. The highest BCUT2D eigenvalue weighted by Crippen LogP contribution is 1.97. The Kier molecular flexibility index (Phi) is 8.46. The lowest BCUT2D eigenvalue weighted by molar-refractivity contribution is -0.139. The number of oxime groups is 1. The van der Waals surface area contributed by atoms with Crippen LogP contribution < -0.4 is 11.1 Å². The van der Waals surface area contributed by atoms with Crippen LogP contribution >= 0.6 is 0 Å². The van der Waals surface area contributed by atoms with Gasteiger partial charge >= 0.3 is 11.9 Å². The van der Waals surface area contributed by atoms with Crippen molar-refractivity contribution in [3.63, 3.8) is 0 Å². The molecule has 0 fully saturated rings. The number of carboxylic acids is 2. The molecular formula is C11H20N4O6. The Bertz CT molecular complexity index is 412. The highest BCUT2D eigenvalue weighted by atomic mass is 16.4. The molecule has 0 radical (unpaired) electrons. The molecule has 0 aromatic carbocycles. The predicted molar refractivity (Wildman–Crippen MR) is 71.7 cm³/mol. The number of carboxylic acid groups (broad SMARTS) is 2. The van der Waals surface area contributed by atoms with Crippen LogP contribution in [0.1, 0.15) is 25.7 Å². The molecule has 0 aliphatic carbocycles. The third kappa shape index (κ3) is 8.42. The second-order valence-corrected chi connectivity index (χ2v) is 4.37. The van der Waals surface area contributed by atoms with E-state index in [1.807, 2.05) is 0 Å². The molecule has 10 heteroatoms. The van der Waals surface area contributed by atoms with Gasteiger partial charge in [-0.3, -0.25) is 19.7 Å². The fraction of sp³-hybridized carbons (Fsp3) is 0.636. The largest absolute Gasteiger partial charge is 0.481 e. The average molecular weight is 304 g/mol. The fourth-order valence-electron chi connectivity index (χ4n) is 1.37. The van der Waals surface area contributed by atoms with E-state index in [0.717, 1.165) is 0 Å². The van der Waals surface area contributed by atoms with Crippen LogP contribution in [0.2, 0.25) is 0 Å². The first-order valence-electron chi connectivity index (χ1n) is 6.21. The van der Waals surface area contributed by atoms with Gasteiger partial charge in [-0.05, 0) is 12.8 Å². The summed E-state index contributed by atoms with van der Waals surface area (Å²) in [7, 11) is 1.51. The zero-order chi connectivity index (χ0) is 16.4. The average Bonchev–Trinajstić information content (AvgIpc) is 2.41. The van der Waals surface area contributed by atoms with Gasteiger partial charge in [-0.2, -0.15) is 0 Å². The quantitative estimate of drug-likeness (QED) is 0.162. The van der Waals surface area contributed by atoms with Crippen LogP contribution in [0.3, 0.4) is 0 Å². The molecule has 1 atom stereocenters. The summed E-state index contributed by atoms with van der Waals surface area (Å²) in [5, 5.41) is 31.1. The van der Waals surface area contributed by atoms with E-state index < -0.39 is 23.9 Å². The lowest BCUT2D eigenvalue weighted by atomic mass is 10.1. The Morgan fingerprint density at radius 1 is 1.29 bits per heavy atom. The van der Waals surface area contributed by atoms with Crippen LogP contribution in [0.15, 0.2) is 5.16 Å². The molecule has 10 nitrogen and oxygen atoms in total. The maximum absolute atomic E-state index is 11.6. The maximum Gasteiger partial charge on any atom is 0.320 e. The summed E-state index contributed by atoms with van der Waals surface area (Å²) in [6.45, 7) is 0.264. The molecule has 0 aliphatic rings. The van der Waals surface area contributed by atoms with Gasteiger partial charge in [-0.25, -0.2) is 0 Å². The van der Waals surface area contributed by atoms with Crippen molar-refractivity contribution in [2.75, 3.05) is 13.6 Å². The number of guanidine groups is 1. The van der Waals surface area contributed by atoms with E-state index in [-0.39, 0.29) is 31.8 Å². The molecule has 21 heavy (non-hydrogen) atoms. The number of aliphatic carboxylic acids is 2. The summed E-state index contributed by atoms with van der Waals surface area (Å²) in [5.41, 5.74) is 5.26. The first-order chi connectivity index (χ1) is 9.77. The van der Waals surface area contributed by atoms with Crippen molar-refractivity contribution in [1.82, 2.24) is 10.2 Å². The molecule has 0 aromatic rings. The van der Waals surface area contributed by atoms with Crippen LogP contribution in [0.25, 0.3) is 0 Å². The molecule has 6 N–H and O–H groups in total. The molecule has 120 valence electrons. The third-order valence-corrected chi connectivity index (χ3v) is 2.59. The molecule has 0 aromatic heterocycles. The molecule has 0 aliphatic heterocycles. The number of nitrogens with zero attached hydrogens (tertiary/aromatic N) is 2. The van der Waals surface area contributed by atoms with Crippen molar-refractivity contribution in [3.8, 4) is 0 Å². The van der Waals surface area contributed by atoms with Gasteiger partial charge in [0.1, 0.15) is 6.04 Å². The summed E-state index contributed by atoms with van der Waals surface area (Å²) in [6.07, 6.45) is 0.0626. The fourth-order valence-corrected chi connectivity index (χ4v) is 1.37. The van der Waals surface area contributed by atoms with Gasteiger partial charge in [0.2, 0.25) is 11.9 Å². The van der Waals surface area contributed by atoms with Crippen molar-refractivity contribution >= 4 is 23.8 Å². The zero-order valence-corrected chi connectivity index (χ0v) is 11.7. The monoisotopic (exact) mass is 304 g/mol. The third-order valence-electron chi connectivity index (χ3n) is 2.59. The Labute approximate surface area is 121 Å². The van der Waals surface area contributed by atoms with E-state index in [9.17, 15) is 14.4 Å². The molecule has 0 saturated carbocycles. The Hall–Kier alpha value is -2.36. The number of amides is 1. The van der Waals surface area contributed by atoms with Crippen LogP contribution in [0.4, 0.5) is 0 Å². The first-order valence-corrected chi connectivity index (χ1v) is 6.21. The summed E-state index contributed by atoms with van der Waals surface area (Å²) < 4.78 is 0. The van der Waals surface area contributed by atoms with Crippen molar-refractivity contribution in [2.24, 2.45) is 10.9 Å². The second-order valence-electron chi connectivity index (χ2n) is 4.37. The molecule has 0 saturated heterocycles. The number of nitrogens with two attached hydrogens (primary N) is 1. The van der Waals surface area contributed by atoms with Crippen molar-refractivity contribution in [1.29, 1.82) is 0 Å². The molecule has 0 unspecified atom stereocenters. The maximum atomic E-state index is 11.6. The topological polar surface area (TPSA) is 166 Å². The van der Waals surface area contributed by atoms with E-state index in [2.05, 4.69) is 10.5 Å². The van der Waals surface area contributed by atoms with Crippen molar-refractivity contribution in [3.05, 3.63) is 0 Å². The predicted octanol–water partition coefficient (Wildman–Crippen LogP) is -1.16. The minimum Gasteiger partial charge on any atom is -0.481 e. The van der Waals surface area contributed by atoms with Gasteiger partial charge < -0.3 is 26.1 Å². The normalized spacial score (nSPS) is 12.6. The number of hydrogen-bond acceptors (Lipinski definition) is 6. The van der Waals surface area contributed by atoms with Gasteiger partial charge in [0.25, 0.3) is 0 Å². The number of rotatable bonds is 8. The SMILES string of the molecule is CN(CCCC(=O)O)/C(=N\O)NC(=O)CC[C@H](N)C(=O)O. The smallest absolute Gasteiger partial charge is 0.320 e. The van der Waals surface area contributed by atoms with Gasteiger partial charge in [0.05, 0.1) is 0 Å². The first kappa shape index (κ1) is 18.6.